The van der Waals surface area contributed by atoms with Crippen molar-refractivity contribution in [3.05, 3.63) is 69.2 Å². The van der Waals surface area contributed by atoms with E-state index in [-0.39, 0.29) is 24.0 Å². The summed E-state index contributed by atoms with van der Waals surface area (Å²) >= 11 is 1.16. The van der Waals surface area contributed by atoms with E-state index in [9.17, 15) is 14.9 Å². The fraction of sp³-hybridized carbons (Fsp3) is 0.118. The molecule has 132 valence electrons. The van der Waals surface area contributed by atoms with Crippen LogP contribution in [0, 0.1) is 17.0 Å². The number of hydrogen-bond acceptors (Lipinski definition) is 7. The highest BCUT2D eigenvalue weighted by Crippen LogP contribution is 2.26. The van der Waals surface area contributed by atoms with Crippen molar-refractivity contribution in [2.45, 2.75) is 13.3 Å². The Labute approximate surface area is 152 Å². The molecule has 3 rings (SSSR count). The van der Waals surface area contributed by atoms with Crippen LogP contribution in [0.1, 0.15) is 11.1 Å². The second-order valence-electron chi connectivity index (χ2n) is 5.49. The fourth-order valence-corrected chi connectivity index (χ4v) is 2.72. The standard InChI is InChI=1S/C17H14N4O4S/c1-11-6-12(9-16(22)19-17-18-10-26-20-17)8-15(7-11)25-14-4-2-13(3-5-14)21(23)24/h2-8,10H,9H2,1H3,(H,19,20,22). The second kappa shape index (κ2) is 7.70. The lowest BCUT2D eigenvalue weighted by Crippen LogP contribution is -2.15. The first-order chi connectivity index (χ1) is 12.5. The summed E-state index contributed by atoms with van der Waals surface area (Å²) in [6.45, 7) is 1.89. The lowest BCUT2D eigenvalue weighted by Gasteiger charge is -2.09. The van der Waals surface area contributed by atoms with E-state index in [0.717, 1.165) is 22.7 Å². The average Bonchev–Trinajstić information content (AvgIpc) is 3.07. The normalized spacial score (nSPS) is 10.3. The Morgan fingerprint density at radius 3 is 2.65 bits per heavy atom. The van der Waals surface area contributed by atoms with Crippen LogP contribution in [0.25, 0.3) is 0 Å². The van der Waals surface area contributed by atoms with E-state index in [1.165, 1.54) is 24.3 Å². The van der Waals surface area contributed by atoms with Crippen LogP contribution in [0.3, 0.4) is 0 Å². The number of nitro benzene ring substituents is 1. The van der Waals surface area contributed by atoms with Gasteiger partial charge in [0.05, 0.1) is 11.3 Å². The van der Waals surface area contributed by atoms with Crippen LogP contribution in [0.5, 0.6) is 11.5 Å². The minimum absolute atomic E-state index is 0.00500. The average molecular weight is 370 g/mol. The van der Waals surface area contributed by atoms with Gasteiger partial charge in [-0.3, -0.25) is 20.2 Å². The summed E-state index contributed by atoms with van der Waals surface area (Å²) in [5.41, 5.74) is 3.24. The van der Waals surface area contributed by atoms with Gasteiger partial charge in [-0.05, 0) is 53.8 Å². The number of carbonyl (C=O) groups excluding carboxylic acids is 1. The van der Waals surface area contributed by atoms with Crippen LogP contribution in [0.15, 0.2) is 48.0 Å². The molecule has 0 saturated carbocycles. The molecule has 0 fully saturated rings. The predicted octanol–water partition coefficient (Wildman–Crippen LogP) is 3.73. The fourth-order valence-electron chi connectivity index (χ4n) is 2.34. The summed E-state index contributed by atoms with van der Waals surface area (Å²) in [6, 6.07) is 11.3. The summed E-state index contributed by atoms with van der Waals surface area (Å²) < 4.78 is 9.68. The molecule has 0 aliphatic carbocycles. The number of aryl methyl sites for hydroxylation is 1. The summed E-state index contributed by atoms with van der Waals surface area (Å²) in [5.74, 6) is 1.09. The third kappa shape index (κ3) is 4.61. The minimum atomic E-state index is -0.468. The third-order valence-electron chi connectivity index (χ3n) is 3.37. The van der Waals surface area contributed by atoms with Crippen molar-refractivity contribution in [1.29, 1.82) is 0 Å². The lowest BCUT2D eigenvalue weighted by molar-refractivity contribution is -0.384. The maximum atomic E-state index is 12.1. The number of non-ortho nitro benzene ring substituents is 1. The Kier molecular flexibility index (Phi) is 5.18. The zero-order chi connectivity index (χ0) is 18.5. The van der Waals surface area contributed by atoms with Crippen LogP contribution in [0.4, 0.5) is 11.6 Å². The highest BCUT2D eigenvalue weighted by atomic mass is 32.1. The molecule has 3 aromatic rings. The molecule has 0 aliphatic rings. The zero-order valence-corrected chi connectivity index (χ0v) is 14.5. The molecule has 0 bridgehead atoms. The summed E-state index contributed by atoms with van der Waals surface area (Å²) in [4.78, 5) is 26.2. The first-order valence-electron chi connectivity index (χ1n) is 7.59. The molecule has 0 radical (unpaired) electrons. The lowest BCUT2D eigenvalue weighted by atomic mass is 10.1. The molecule has 0 unspecified atom stereocenters. The number of benzene rings is 2. The van der Waals surface area contributed by atoms with Gasteiger partial charge in [0.1, 0.15) is 17.0 Å². The summed E-state index contributed by atoms with van der Waals surface area (Å²) in [5, 5.41) is 13.3. The number of amides is 1. The number of nitro groups is 1. The first kappa shape index (κ1) is 17.5. The molecule has 1 amide bonds. The van der Waals surface area contributed by atoms with Crippen molar-refractivity contribution in [3.8, 4) is 11.5 Å². The van der Waals surface area contributed by atoms with Gasteiger partial charge in [0.15, 0.2) is 0 Å². The number of ether oxygens (including phenoxy) is 1. The van der Waals surface area contributed by atoms with E-state index in [4.69, 9.17) is 4.74 Å². The van der Waals surface area contributed by atoms with Crippen molar-refractivity contribution in [2.75, 3.05) is 5.32 Å². The highest BCUT2D eigenvalue weighted by Gasteiger charge is 2.10. The molecule has 1 aromatic heterocycles. The van der Waals surface area contributed by atoms with Crippen molar-refractivity contribution in [1.82, 2.24) is 9.36 Å². The van der Waals surface area contributed by atoms with E-state index in [1.807, 2.05) is 19.1 Å². The van der Waals surface area contributed by atoms with E-state index in [1.54, 1.807) is 11.6 Å². The van der Waals surface area contributed by atoms with Crippen LogP contribution in [-0.4, -0.2) is 20.2 Å². The molecule has 8 nitrogen and oxygen atoms in total. The van der Waals surface area contributed by atoms with Crippen LogP contribution in [0.2, 0.25) is 0 Å². The van der Waals surface area contributed by atoms with Gasteiger partial charge in [0, 0.05) is 12.1 Å². The Balaban J connectivity index is 1.70. The van der Waals surface area contributed by atoms with Crippen molar-refractivity contribution in [2.24, 2.45) is 0 Å². The largest absolute Gasteiger partial charge is 0.457 e. The summed E-state index contributed by atoms with van der Waals surface area (Å²) in [7, 11) is 0. The number of nitrogens with one attached hydrogen (secondary N) is 1. The second-order valence-corrected chi connectivity index (χ2v) is 6.09. The topological polar surface area (TPSA) is 107 Å². The van der Waals surface area contributed by atoms with Gasteiger partial charge in [0.2, 0.25) is 11.9 Å². The number of nitrogens with zero attached hydrogens (tertiary/aromatic N) is 3. The van der Waals surface area contributed by atoms with E-state index in [2.05, 4.69) is 14.7 Å². The number of aromatic nitrogens is 2. The molecule has 26 heavy (non-hydrogen) atoms. The minimum Gasteiger partial charge on any atom is -0.457 e. The Morgan fingerprint density at radius 1 is 1.23 bits per heavy atom. The van der Waals surface area contributed by atoms with Gasteiger partial charge < -0.3 is 4.74 Å². The predicted molar refractivity (Wildman–Crippen MR) is 96.6 cm³/mol. The summed E-state index contributed by atoms with van der Waals surface area (Å²) in [6.07, 6.45) is 0.150. The van der Waals surface area contributed by atoms with Gasteiger partial charge in [-0.25, -0.2) is 4.98 Å². The van der Waals surface area contributed by atoms with Crippen LogP contribution >= 0.6 is 11.5 Å². The SMILES string of the molecule is Cc1cc(CC(=O)Nc2ncsn2)cc(Oc2ccc([N+](=O)[O-])cc2)c1. The molecule has 1 heterocycles. The molecule has 0 aliphatic heterocycles. The van der Waals surface area contributed by atoms with E-state index >= 15 is 0 Å². The maximum absolute atomic E-state index is 12.1. The molecule has 0 atom stereocenters. The third-order valence-corrected chi connectivity index (χ3v) is 3.85. The molecule has 0 spiro atoms. The monoisotopic (exact) mass is 370 g/mol. The van der Waals surface area contributed by atoms with E-state index in [0.29, 0.717) is 11.5 Å². The van der Waals surface area contributed by atoms with E-state index < -0.39 is 4.92 Å². The van der Waals surface area contributed by atoms with Gasteiger partial charge >= 0.3 is 0 Å². The Hall–Kier alpha value is -3.33. The van der Waals surface area contributed by atoms with Gasteiger partial charge in [0.25, 0.3) is 5.69 Å². The molecule has 0 saturated heterocycles. The number of rotatable bonds is 6. The molecular formula is C17H14N4O4S. The molecule has 2 aromatic carbocycles. The quantitative estimate of drug-likeness (QED) is 0.523. The number of anilines is 1. The Morgan fingerprint density at radius 2 is 2.00 bits per heavy atom. The highest BCUT2D eigenvalue weighted by molar-refractivity contribution is 7.03. The van der Waals surface area contributed by atoms with Gasteiger partial charge in [-0.2, -0.15) is 4.37 Å². The number of hydrogen-bond donors (Lipinski definition) is 1. The maximum Gasteiger partial charge on any atom is 0.269 e. The first-order valence-corrected chi connectivity index (χ1v) is 8.42. The zero-order valence-electron chi connectivity index (χ0n) is 13.7. The van der Waals surface area contributed by atoms with Gasteiger partial charge in [-0.1, -0.05) is 6.07 Å². The molecule has 9 heteroatoms. The van der Waals surface area contributed by atoms with Crippen molar-refractivity contribution in [3.63, 3.8) is 0 Å². The smallest absolute Gasteiger partial charge is 0.269 e. The van der Waals surface area contributed by atoms with Crippen LogP contribution < -0.4 is 10.1 Å². The Bertz CT molecular complexity index is 926. The van der Waals surface area contributed by atoms with Crippen LogP contribution in [-0.2, 0) is 11.2 Å². The number of carbonyl (C=O) groups is 1. The van der Waals surface area contributed by atoms with Crippen molar-refractivity contribution >= 4 is 29.1 Å². The van der Waals surface area contributed by atoms with Gasteiger partial charge in [-0.15, -0.1) is 0 Å². The molecule has 1 N–H and O–H groups in total. The van der Waals surface area contributed by atoms with Crippen molar-refractivity contribution < 1.29 is 14.5 Å². The molecular weight excluding hydrogens is 356 g/mol.